The fourth-order valence-electron chi connectivity index (χ4n) is 4.57. The minimum absolute atomic E-state index is 0.0424. The topological polar surface area (TPSA) is 107 Å². The lowest BCUT2D eigenvalue weighted by atomic mass is 10.1. The van der Waals surface area contributed by atoms with E-state index in [9.17, 15) is 15.3 Å². The average Bonchev–Trinajstić information content (AvgIpc) is 3.02. The molecular formula is C36H33Cl3O8. The van der Waals surface area contributed by atoms with E-state index in [4.69, 9.17) is 58.5 Å². The van der Waals surface area contributed by atoms with Crippen LogP contribution in [0.4, 0.5) is 0 Å². The Labute approximate surface area is 288 Å². The number of allylic oxidation sites excluding steroid dienone is 3. The summed E-state index contributed by atoms with van der Waals surface area (Å²) in [6, 6.07) is 14.1. The van der Waals surface area contributed by atoms with Crippen LogP contribution in [-0.4, -0.2) is 36.1 Å². The molecule has 4 aromatic rings. The van der Waals surface area contributed by atoms with Gasteiger partial charge in [0, 0.05) is 40.8 Å². The number of hydrogen-bond donors (Lipinski definition) is 3. The number of rotatable bonds is 15. The van der Waals surface area contributed by atoms with Crippen molar-refractivity contribution in [1.82, 2.24) is 0 Å². The molecule has 0 saturated heterocycles. The van der Waals surface area contributed by atoms with Gasteiger partial charge in [0.05, 0.1) is 24.3 Å². The lowest BCUT2D eigenvalue weighted by Gasteiger charge is -2.17. The normalized spacial score (nSPS) is 11.1. The predicted octanol–water partition coefficient (Wildman–Crippen LogP) is 9.91. The van der Waals surface area contributed by atoms with Gasteiger partial charge in [-0.1, -0.05) is 47.0 Å². The fraction of sp³-hybridized carbons (Fsp3) is 0.167. The Morgan fingerprint density at radius 2 is 1.36 bits per heavy atom. The van der Waals surface area contributed by atoms with E-state index in [1.165, 1.54) is 32.4 Å². The first kappa shape index (κ1) is 35.2. The van der Waals surface area contributed by atoms with Gasteiger partial charge in [-0.05, 0) is 60.9 Å². The van der Waals surface area contributed by atoms with E-state index < -0.39 is 0 Å². The molecule has 11 heteroatoms. The van der Waals surface area contributed by atoms with Crippen molar-refractivity contribution < 1.29 is 39.0 Å². The first-order valence-corrected chi connectivity index (χ1v) is 15.4. The Morgan fingerprint density at radius 1 is 0.723 bits per heavy atom. The molecule has 0 radical (unpaired) electrons. The van der Waals surface area contributed by atoms with Crippen LogP contribution in [0.5, 0.6) is 57.5 Å². The smallest absolute Gasteiger partial charge is 0.211 e. The lowest BCUT2D eigenvalue weighted by Crippen LogP contribution is -1.99. The molecule has 0 aliphatic carbocycles. The van der Waals surface area contributed by atoms with Crippen LogP contribution in [0.15, 0.2) is 91.0 Å². The summed E-state index contributed by atoms with van der Waals surface area (Å²) in [4.78, 5) is 0. The van der Waals surface area contributed by atoms with Crippen molar-refractivity contribution in [2.45, 2.75) is 19.3 Å². The lowest BCUT2D eigenvalue weighted by molar-refractivity contribution is 0.345. The van der Waals surface area contributed by atoms with Crippen LogP contribution in [0.25, 0.3) is 0 Å². The molecule has 0 saturated carbocycles. The number of methoxy groups -OCH3 is 2. The van der Waals surface area contributed by atoms with Gasteiger partial charge in [0.2, 0.25) is 5.75 Å². The van der Waals surface area contributed by atoms with Crippen LogP contribution in [0, 0.1) is 0 Å². The summed E-state index contributed by atoms with van der Waals surface area (Å²) in [6.45, 7) is 7.56. The van der Waals surface area contributed by atoms with Gasteiger partial charge < -0.3 is 39.0 Å². The molecule has 8 nitrogen and oxygen atoms in total. The maximum Gasteiger partial charge on any atom is 0.211 e. The first-order valence-electron chi connectivity index (χ1n) is 14.2. The van der Waals surface area contributed by atoms with Crippen molar-refractivity contribution in [3.63, 3.8) is 0 Å². The molecule has 3 N–H and O–H groups in total. The van der Waals surface area contributed by atoms with Crippen molar-refractivity contribution >= 4 is 34.8 Å². The number of halogens is 3. The molecule has 0 aromatic heterocycles. The molecule has 0 heterocycles. The minimum Gasteiger partial charge on any atom is -0.508 e. The molecule has 47 heavy (non-hydrogen) atoms. The van der Waals surface area contributed by atoms with E-state index in [2.05, 4.69) is 13.2 Å². The van der Waals surface area contributed by atoms with Gasteiger partial charge in [0.15, 0.2) is 23.0 Å². The molecule has 0 unspecified atom stereocenters. The minimum atomic E-state index is -0.227. The largest absolute Gasteiger partial charge is 0.508 e. The zero-order chi connectivity index (χ0) is 34.1. The van der Waals surface area contributed by atoms with Crippen molar-refractivity contribution in [2.75, 3.05) is 20.8 Å². The number of hydrogen-bond acceptors (Lipinski definition) is 8. The maximum atomic E-state index is 10.3. The Balaban J connectivity index is 1.44. The number of benzene rings is 4. The van der Waals surface area contributed by atoms with Crippen LogP contribution in [-0.2, 0) is 19.3 Å². The maximum absolute atomic E-state index is 10.3. The van der Waals surface area contributed by atoms with E-state index in [0.717, 1.165) is 5.56 Å². The van der Waals surface area contributed by atoms with Crippen molar-refractivity contribution in [2.24, 2.45) is 0 Å². The molecule has 4 aromatic carbocycles. The van der Waals surface area contributed by atoms with E-state index in [0.29, 0.717) is 69.9 Å². The van der Waals surface area contributed by atoms with Gasteiger partial charge in [0.1, 0.15) is 35.4 Å². The Morgan fingerprint density at radius 3 is 2.00 bits per heavy atom. The highest BCUT2D eigenvalue weighted by atomic mass is 35.5. The quantitative estimate of drug-likeness (QED) is 0.105. The van der Waals surface area contributed by atoms with E-state index in [1.54, 1.807) is 54.6 Å². The number of aromatic hydroxyl groups is 3. The van der Waals surface area contributed by atoms with Gasteiger partial charge in [-0.25, -0.2) is 0 Å². The second-order valence-electron chi connectivity index (χ2n) is 10.1. The summed E-state index contributed by atoms with van der Waals surface area (Å²) in [5.41, 5.74) is 1.94. The third-order valence-electron chi connectivity index (χ3n) is 6.77. The Bertz CT molecular complexity index is 1780. The first-order chi connectivity index (χ1) is 22.6. The SMILES string of the molecule is C=CCc1cc(Oc2c(OC)cc(C/C(Cl)=C\COc3ccc(Oc4c(O)cc(O)cc4CC=C)c(Cl)c3)cc2OC)c(Cl)cc1O. The van der Waals surface area contributed by atoms with Crippen molar-refractivity contribution in [3.05, 3.63) is 118 Å². The van der Waals surface area contributed by atoms with Gasteiger partial charge >= 0.3 is 0 Å². The Hall–Kier alpha value is -4.63. The second kappa shape index (κ2) is 16.3. The molecule has 4 rings (SSSR count). The molecule has 0 spiro atoms. The van der Waals surface area contributed by atoms with Crippen molar-refractivity contribution in [3.8, 4) is 57.5 Å². The summed E-state index contributed by atoms with van der Waals surface area (Å²) >= 11 is 19.4. The molecule has 0 aliphatic heterocycles. The summed E-state index contributed by atoms with van der Waals surface area (Å²) in [6.07, 6.45) is 6.16. The van der Waals surface area contributed by atoms with E-state index >= 15 is 0 Å². The highest BCUT2D eigenvalue weighted by Gasteiger charge is 2.19. The van der Waals surface area contributed by atoms with Crippen LogP contribution in [0.3, 0.4) is 0 Å². The summed E-state index contributed by atoms with van der Waals surface area (Å²) < 4.78 is 29.0. The van der Waals surface area contributed by atoms with Crippen molar-refractivity contribution in [1.29, 1.82) is 0 Å². The highest BCUT2D eigenvalue weighted by Crippen LogP contribution is 2.45. The van der Waals surface area contributed by atoms with Gasteiger partial charge in [-0.2, -0.15) is 0 Å². The molecule has 0 fully saturated rings. The molecule has 246 valence electrons. The van der Waals surface area contributed by atoms with Crippen LogP contribution < -0.4 is 23.7 Å². The predicted molar refractivity (Wildman–Crippen MR) is 185 cm³/mol. The Kier molecular flexibility index (Phi) is 12.2. The van der Waals surface area contributed by atoms with Crippen LogP contribution in [0.2, 0.25) is 10.0 Å². The third kappa shape index (κ3) is 9.01. The summed E-state index contributed by atoms with van der Waals surface area (Å²) in [7, 11) is 3.01. The number of phenols is 3. The van der Waals surface area contributed by atoms with Gasteiger partial charge in [-0.3, -0.25) is 0 Å². The monoisotopic (exact) mass is 698 g/mol. The summed E-state index contributed by atoms with van der Waals surface area (Å²) in [5, 5.41) is 31.3. The number of ether oxygens (including phenoxy) is 5. The zero-order valence-corrected chi connectivity index (χ0v) is 28.0. The van der Waals surface area contributed by atoms with E-state index in [-0.39, 0.29) is 39.7 Å². The van der Waals surface area contributed by atoms with Gasteiger partial charge in [0.25, 0.3) is 0 Å². The fourth-order valence-corrected chi connectivity index (χ4v) is 5.19. The highest BCUT2D eigenvalue weighted by molar-refractivity contribution is 6.32. The average molecular weight is 700 g/mol. The van der Waals surface area contributed by atoms with Crippen LogP contribution in [0.1, 0.15) is 16.7 Å². The standard InChI is InChI=1S/C36H33Cl3O8/c1-5-7-22-17-32(28(39)20-29(22)41)47-36-33(43-3)14-21(15-34(36)44-4)13-24(37)11-12-45-26-9-10-31(27(38)19-26)46-35-23(8-6-2)16-25(40)18-30(35)42/h5-6,9-11,14-20,40-42H,1-2,7-8,12-13H2,3-4H3/b24-11+. The molecule has 0 bridgehead atoms. The molecule has 0 aliphatic rings. The zero-order valence-electron chi connectivity index (χ0n) is 25.7. The third-order valence-corrected chi connectivity index (χ3v) is 7.65. The molecule has 0 amide bonds. The molecular weight excluding hydrogens is 667 g/mol. The summed E-state index contributed by atoms with van der Waals surface area (Å²) in [5.74, 6) is 2.06. The van der Waals surface area contributed by atoms with Crippen LogP contribution >= 0.6 is 34.8 Å². The molecule has 0 atom stereocenters. The van der Waals surface area contributed by atoms with E-state index in [1.807, 2.05) is 0 Å². The van der Waals surface area contributed by atoms with Gasteiger partial charge in [-0.15, -0.1) is 13.2 Å². The second-order valence-corrected chi connectivity index (χ2v) is 11.4. The number of phenolic OH excluding ortho intramolecular Hbond substituents is 3.